The molecule has 0 radical (unpaired) electrons. The van der Waals surface area contributed by atoms with E-state index in [1.54, 1.807) is 6.92 Å². The number of alkyl halides is 2. The number of carbonyl (C=O) groups is 1. The van der Waals surface area contributed by atoms with Crippen LogP contribution in [0.3, 0.4) is 0 Å². The summed E-state index contributed by atoms with van der Waals surface area (Å²) in [6.07, 6.45) is -1.61. The minimum Gasteiger partial charge on any atom is -0.462 e. The number of halogens is 2. The fourth-order valence-corrected chi connectivity index (χ4v) is 1.29. The van der Waals surface area contributed by atoms with Gasteiger partial charge in [-0.05, 0) is 13.8 Å². The molecule has 0 spiro atoms. The molecule has 1 aromatic rings. The van der Waals surface area contributed by atoms with Crippen LogP contribution in [0.4, 0.5) is 14.5 Å². The molecule has 0 saturated heterocycles. The Hall–Kier alpha value is -1.72. The Balaban J connectivity index is 3.23. The molecule has 0 aliphatic heterocycles. The molecule has 16 heavy (non-hydrogen) atoms. The highest BCUT2D eigenvalue weighted by Crippen LogP contribution is 2.29. The van der Waals surface area contributed by atoms with E-state index in [1.165, 1.54) is 6.92 Å². The number of nitrogen functional groups attached to an aromatic ring is 1. The van der Waals surface area contributed by atoms with Gasteiger partial charge >= 0.3 is 5.97 Å². The molecule has 4 nitrogen and oxygen atoms in total. The number of hydrogen-bond acceptors (Lipinski definition) is 4. The number of nitrogens with zero attached hydrogens (tertiary/aromatic N) is 1. The number of carbonyl (C=O) groups excluding carboxylic acids is 1. The van der Waals surface area contributed by atoms with E-state index in [4.69, 9.17) is 5.73 Å². The molecule has 2 N–H and O–H groups in total. The molecule has 0 bridgehead atoms. The molecule has 0 amide bonds. The van der Waals surface area contributed by atoms with E-state index in [0.29, 0.717) is 0 Å². The first-order valence-corrected chi connectivity index (χ1v) is 4.69. The van der Waals surface area contributed by atoms with Crippen molar-refractivity contribution in [2.24, 2.45) is 0 Å². The summed E-state index contributed by atoms with van der Waals surface area (Å²) in [5, 5.41) is 0. The maximum absolute atomic E-state index is 12.6. The molecular formula is C10H12F2N2O2. The maximum atomic E-state index is 12.6. The Morgan fingerprint density at radius 2 is 2.25 bits per heavy atom. The number of aryl methyl sites for hydroxylation is 1. The molecule has 0 unspecified atom stereocenters. The van der Waals surface area contributed by atoms with E-state index in [2.05, 4.69) is 9.72 Å². The fourth-order valence-electron chi connectivity index (χ4n) is 1.29. The van der Waals surface area contributed by atoms with Crippen LogP contribution in [0, 0.1) is 6.92 Å². The number of ether oxygens (including phenoxy) is 1. The first kappa shape index (κ1) is 12.4. The molecule has 0 saturated carbocycles. The van der Waals surface area contributed by atoms with E-state index < -0.39 is 18.0 Å². The van der Waals surface area contributed by atoms with Gasteiger partial charge in [0.15, 0.2) is 0 Å². The second-order valence-electron chi connectivity index (χ2n) is 3.11. The first-order chi connectivity index (χ1) is 7.49. The molecule has 0 atom stereocenters. The molecular weight excluding hydrogens is 218 g/mol. The number of rotatable bonds is 3. The van der Waals surface area contributed by atoms with Gasteiger partial charge in [0.05, 0.1) is 17.9 Å². The van der Waals surface area contributed by atoms with Crippen LogP contribution in [-0.2, 0) is 4.74 Å². The number of anilines is 1. The standard InChI is InChI=1S/C10H12F2N2O2/c1-3-16-10(15)6-4-14-5(2)7(8(6)13)9(11)12/h4,9H,3H2,1-2H3,(H2,13,14). The average molecular weight is 230 g/mol. The van der Waals surface area contributed by atoms with Crippen molar-refractivity contribution in [2.75, 3.05) is 12.3 Å². The zero-order valence-electron chi connectivity index (χ0n) is 8.96. The topological polar surface area (TPSA) is 65.2 Å². The van der Waals surface area contributed by atoms with Gasteiger partial charge in [0.1, 0.15) is 5.56 Å². The Morgan fingerprint density at radius 3 is 2.75 bits per heavy atom. The molecule has 1 heterocycles. The second kappa shape index (κ2) is 4.87. The molecule has 0 aromatic carbocycles. The van der Waals surface area contributed by atoms with Crippen molar-refractivity contribution in [1.29, 1.82) is 0 Å². The summed E-state index contributed by atoms with van der Waals surface area (Å²) in [5.74, 6) is -0.741. The summed E-state index contributed by atoms with van der Waals surface area (Å²) >= 11 is 0. The number of pyridine rings is 1. The highest BCUT2D eigenvalue weighted by Gasteiger charge is 2.21. The monoisotopic (exact) mass is 230 g/mol. The number of esters is 1. The van der Waals surface area contributed by atoms with Crippen molar-refractivity contribution < 1.29 is 18.3 Å². The van der Waals surface area contributed by atoms with Crippen LogP contribution in [0.15, 0.2) is 6.20 Å². The van der Waals surface area contributed by atoms with E-state index >= 15 is 0 Å². The zero-order valence-corrected chi connectivity index (χ0v) is 8.96. The van der Waals surface area contributed by atoms with Crippen LogP contribution < -0.4 is 5.73 Å². The molecule has 1 rings (SSSR count). The zero-order chi connectivity index (χ0) is 12.3. The van der Waals surface area contributed by atoms with Gasteiger partial charge in [0, 0.05) is 11.9 Å². The lowest BCUT2D eigenvalue weighted by Gasteiger charge is -2.11. The normalized spacial score (nSPS) is 10.6. The van der Waals surface area contributed by atoms with Crippen LogP contribution in [0.2, 0.25) is 0 Å². The van der Waals surface area contributed by atoms with Gasteiger partial charge < -0.3 is 10.5 Å². The third-order valence-corrected chi connectivity index (χ3v) is 2.07. The van der Waals surface area contributed by atoms with E-state index in [-0.39, 0.29) is 23.6 Å². The van der Waals surface area contributed by atoms with Gasteiger partial charge in [-0.15, -0.1) is 0 Å². The average Bonchev–Trinajstić information content (AvgIpc) is 2.17. The van der Waals surface area contributed by atoms with Gasteiger partial charge in [-0.3, -0.25) is 4.98 Å². The van der Waals surface area contributed by atoms with Crippen molar-refractivity contribution in [3.63, 3.8) is 0 Å². The summed E-state index contributed by atoms with van der Waals surface area (Å²) in [5.41, 5.74) is 4.81. The van der Waals surface area contributed by atoms with Crippen LogP contribution in [0.25, 0.3) is 0 Å². The van der Waals surface area contributed by atoms with Crippen LogP contribution in [0.5, 0.6) is 0 Å². The van der Waals surface area contributed by atoms with Gasteiger partial charge in [-0.1, -0.05) is 0 Å². The lowest BCUT2D eigenvalue weighted by Crippen LogP contribution is -2.12. The van der Waals surface area contributed by atoms with Crippen LogP contribution >= 0.6 is 0 Å². The summed E-state index contributed by atoms with van der Waals surface area (Å²) in [4.78, 5) is 15.1. The minimum absolute atomic E-state index is 0.112. The quantitative estimate of drug-likeness (QED) is 0.807. The third kappa shape index (κ3) is 2.26. The van der Waals surface area contributed by atoms with Gasteiger partial charge in [-0.25, -0.2) is 13.6 Å². The highest BCUT2D eigenvalue weighted by molar-refractivity contribution is 5.95. The van der Waals surface area contributed by atoms with E-state index in [1.807, 2.05) is 0 Å². The Labute approximate surface area is 91.4 Å². The van der Waals surface area contributed by atoms with Gasteiger partial charge in [0.25, 0.3) is 6.43 Å². The van der Waals surface area contributed by atoms with Gasteiger partial charge in [-0.2, -0.15) is 0 Å². The Kier molecular flexibility index (Phi) is 3.76. The summed E-state index contributed by atoms with van der Waals surface area (Å²) < 4.78 is 30.0. The molecule has 0 aliphatic rings. The van der Waals surface area contributed by atoms with Crippen molar-refractivity contribution in [3.05, 3.63) is 23.0 Å². The molecule has 1 aromatic heterocycles. The Morgan fingerprint density at radius 1 is 1.62 bits per heavy atom. The van der Waals surface area contributed by atoms with E-state index in [0.717, 1.165) is 6.20 Å². The van der Waals surface area contributed by atoms with E-state index in [9.17, 15) is 13.6 Å². The summed E-state index contributed by atoms with van der Waals surface area (Å²) in [6.45, 7) is 3.17. The predicted octanol–water partition coefficient (Wildman–Crippen LogP) is 2.09. The molecule has 6 heteroatoms. The maximum Gasteiger partial charge on any atom is 0.341 e. The fraction of sp³-hybridized carbons (Fsp3) is 0.400. The van der Waals surface area contributed by atoms with Crippen LogP contribution in [0.1, 0.15) is 35.0 Å². The Bertz CT molecular complexity index is 408. The molecule has 88 valence electrons. The summed E-state index contributed by atoms with van der Waals surface area (Å²) in [7, 11) is 0. The molecule has 0 fully saturated rings. The number of hydrogen-bond donors (Lipinski definition) is 1. The summed E-state index contributed by atoms with van der Waals surface area (Å²) in [6, 6.07) is 0. The van der Waals surface area contributed by atoms with Crippen molar-refractivity contribution in [1.82, 2.24) is 4.98 Å². The predicted molar refractivity (Wildman–Crippen MR) is 54.3 cm³/mol. The third-order valence-electron chi connectivity index (χ3n) is 2.07. The van der Waals surface area contributed by atoms with Crippen molar-refractivity contribution >= 4 is 11.7 Å². The van der Waals surface area contributed by atoms with Crippen LogP contribution in [-0.4, -0.2) is 17.6 Å². The minimum atomic E-state index is -2.76. The van der Waals surface area contributed by atoms with Crippen molar-refractivity contribution in [2.45, 2.75) is 20.3 Å². The largest absolute Gasteiger partial charge is 0.462 e. The first-order valence-electron chi connectivity index (χ1n) is 4.69. The second-order valence-corrected chi connectivity index (χ2v) is 3.11. The molecule has 0 aliphatic carbocycles. The number of aromatic nitrogens is 1. The van der Waals surface area contributed by atoms with Crippen molar-refractivity contribution in [3.8, 4) is 0 Å². The lowest BCUT2D eigenvalue weighted by molar-refractivity contribution is 0.0526. The number of nitrogens with two attached hydrogens (primary N) is 1. The highest BCUT2D eigenvalue weighted by atomic mass is 19.3. The van der Waals surface area contributed by atoms with Gasteiger partial charge in [0.2, 0.25) is 0 Å². The SMILES string of the molecule is CCOC(=O)c1cnc(C)c(C(F)F)c1N. The smallest absolute Gasteiger partial charge is 0.341 e. The lowest BCUT2D eigenvalue weighted by atomic mass is 10.1.